The third kappa shape index (κ3) is 6.77. The molecular weight excluding hydrogens is 549 g/mol. The van der Waals surface area contributed by atoms with Gasteiger partial charge in [0.15, 0.2) is 0 Å². The molecule has 2 N–H and O–H groups in total. The van der Waals surface area contributed by atoms with Crippen LogP contribution in [0.5, 0.6) is 5.75 Å². The summed E-state index contributed by atoms with van der Waals surface area (Å²) >= 11 is 5.96. The number of allylic oxidation sites excluding steroid dienone is 1. The summed E-state index contributed by atoms with van der Waals surface area (Å²) in [4.78, 5) is 35.6. The lowest BCUT2D eigenvalue weighted by atomic mass is 9.95. The molecule has 1 amide bonds. The van der Waals surface area contributed by atoms with Gasteiger partial charge in [0, 0.05) is 17.1 Å². The quantitative estimate of drug-likeness (QED) is 0.254. The Bertz CT molecular complexity index is 1490. The van der Waals surface area contributed by atoms with Crippen LogP contribution < -0.4 is 15.4 Å². The number of nitrogens with one attached hydrogen (secondary N) is 2. The van der Waals surface area contributed by atoms with Crippen LogP contribution in [0.25, 0.3) is 10.9 Å². The Morgan fingerprint density at radius 3 is 2.73 bits per heavy atom. The van der Waals surface area contributed by atoms with Crippen molar-refractivity contribution < 1.29 is 23.5 Å². The average Bonchev–Trinajstić information content (AvgIpc) is 3.71. The number of carbonyl (C=O) groups excluding carboxylic acids is 2. The number of piperidine rings is 1. The van der Waals surface area contributed by atoms with Gasteiger partial charge in [0.1, 0.15) is 30.3 Å². The van der Waals surface area contributed by atoms with E-state index in [1.54, 1.807) is 24.3 Å². The average molecular weight is 580 g/mol. The second-order valence-corrected chi connectivity index (χ2v) is 11.3. The van der Waals surface area contributed by atoms with Gasteiger partial charge in [0.05, 0.1) is 35.3 Å². The van der Waals surface area contributed by atoms with E-state index in [1.165, 1.54) is 18.5 Å². The number of esters is 1. The predicted octanol–water partition coefficient (Wildman–Crippen LogP) is 5.48. The summed E-state index contributed by atoms with van der Waals surface area (Å²) in [5.74, 6) is 0.946. The molecule has 0 radical (unpaired) electrons. The first kappa shape index (κ1) is 27.4. The zero-order chi connectivity index (χ0) is 28.3. The molecule has 2 aromatic carbocycles. The van der Waals surface area contributed by atoms with Gasteiger partial charge in [-0.3, -0.25) is 14.5 Å². The number of nitrogens with zero attached hydrogens (tertiary/aromatic N) is 3. The first-order valence-electron chi connectivity index (χ1n) is 13.9. The van der Waals surface area contributed by atoms with Gasteiger partial charge in [-0.2, -0.15) is 0 Å². The van der Waals surface area contributed by atoms with Gasteiger partial charge in [-0.05, 0) is 81.0 Å². The van der Waals surface area contributed by atoms with E-state index in [1.807, 2.05) is 6.08 Å². The van der Waals surface area contributed by atoms with Gasteiger partial charge in [-0.1, -0.05) is 17.7 Å². The number of carbonyl (C=O) groups is 2. The minimum absolute atomic E-state index is 0.00260. The molecular formula is C30H31ClFN5O4. The highest BCUT2D eigenvalue weighted by Gasteiger charge is 2.31. The lowest BCUT2D eigenvalue weighted by molar-refractivity contribution is -0.137. The van der Waals surface area contributed by atoms with Gasteiger partial charge in [0.25, 0.3) is 0 Å². The Morgan fingerprint density at radius 2 is 2.00 bits per heavy atom. The van der Waals surface area contributed by atoms with Crippen molar-refractivity contribution in [2.45, 2.75) is 38.1 Å². The molecule has 0 spiro atoms. The number of halogens is 2. The van der Waals surface area contributed by atoms with E-state index in [0.717, 1.165) is 38.8 Å². The Balaban J connectivity index is 1.17. The van der Waals surface area contributed by atoms with Crippen molar-refractivity contribution >= 4 is 51.6 Å². The fourth-order valence-electron chi connectivity index (χ4n) is 5.21. The lowest BCUT2D eigenvalue weighted by Gasteiger charge is -2.33. The number of hydrogen-bond donors (Lipinski definition) is 2. The number of fused-ring (bicyclic) bond motifs is 1. The number of ether oxygens (including phenoxy) is 2. The van der Waals surface area contributed by atoms with Crippen molar-refractivity contribution in [1.29, 1.82) is 0 Å². The number of anilines is 3. The number of rotatable bonds is 9. The molecule has 1 aliphatic carbocycles. The molecule has 214 valence electrons. The first-order chi connectivity index (χ1) is 19.9. The molecule has 3 aliphatic rings. The molecule has 6 rings (SSSR count). The monoisotopic (exact) mass is 579 g/mol. The maximum absolute atomic E-state index is 13.7. The maximum atomic E-state index is 13.7. The standard InChI is InChI=1S/C30H31ClFN5O4/c31-23-11-20(4-5-24(23)32)35-30-22-13-26(27(40-15-19-1-2-19)14-25(22)33-17-34-30)36-28(38)6-3-18-7-9-37(10-8-18)21-12-29(39)41-16-21/h3-6,11,13-14,17-19,21H,1-2,7-10,12,15-16H2,(H,36,38)(H,33,34,35). The highest BCUT2D eigenvalue weighted by atomic mass is 35.5. The van der Waals surface area contributed by atoms with E-state index in [9.17, 15) is 14.0 Å². The van der Waals surface area contributed by atoms with Crippen LogP contribution in [0.4, 0.5) is 21.6 Å². The fourth-order valence-corrected chi connectivity index (χ4v) is 5.39. The molecule has 3 heterocycles. The molecule has 3 fully saturated rings. The second kappa shape index (κ2) is 12.0. The zero-order valence-electron chi connectivity index (χ0n) is 22.4. The highest BCUT2D eigenvalue weighted by molar-refractivity contribution is 6.31. The minimum Gasteiger partial charge on any atom is -0.491 e. The van der Waals surface area contributed by atoms with Crippen LogP contribution in [-0.2, 0) is 14.3 Å². The van der Waals surface area contributed by atoms with Crippen molar-refractivity contribution in [3.05, 3.63) is 59.7 Å². The van der Waals surface area contributed by atoms with Crippen LogP contribution in [0.3, 0.4) is 0 Å². The summed E-state index contributed by atoms with van der Waals surface area (Å²) in [5, 5.41) is 6.81. The largest absolute Gasteiger partial charge is 0.491 e. The molecule has 3 aromatic rings. The van der Waals surface area contributed by atoms with Crippen molar-refractivity contribution in [1.82, 2.24) is 14.9 Å². The first-order valence-corrected chi connectivity index (χ1v) is 14.3. The van der Waals surface area contributed by atoms with Crippen molar-refractivity contribution in [3.8, 4) is 5.75 Å². The number of hydrogen-bond acceptors (Lipinski definition) is 8. The third-order valence-corrected chi connectivity index (χ3v) is 8.09. The van der Waals surface area contributed by atoms with Gasteiger partial charge < -0.3 is 20.1 Å². The number of aromatic nitrogens is 2. The van der Waals surface area contributed by atoms with E-state index in [4.69, 9.17) is 21.1 Å². The van der Waals surface area contributed by atoms with Crippen LogP contribution in [-0.4, -0.2) is 59.1 Å². The normalized spacial score (nSPS) is 20.0. The van der Waals surface area contributed by atoms with E-state index in [0.29, 0.717) is 59.4 Å². The van der Waals surface area contributed by atoms with E-state index >= 15 is 0 Å². The highest BCUT2D eigenvalue weighted by Crippen LogP contribution is 2.36. The molecule has 9 nitrogen and oxygen atoms in total. The van der Waals surface area contributed by atoms with Crippen LogP contribution in [0.1, 0.15) is 32.1 Å². The second-order valence-electron chi connectivity index (χ2n) is 10.9. The molecule has 41 heavy (non-hydrogen) atoms. The number of benzene rings is 2. The lowest BCUT2D eigenvalue weighted by Crippen LogP contribution is -2.41. The molecule has 1 atom stereocenters. The molecule has 1 aromatic heterocycles. The topological polar surface area (TPSA) is 106 Å². The summed E-state index contributed by atoms with van der Waals surface area (Å²) in [6.45, 7) is 2.79. The number of likely N-dealkylation sites (tertiary alicyclic amines) is 1. The van der Waals surface area contributed by atoms with Crippen LogP contribution >= 0.6 is 11.6 Å². The summed E-state index contributed by atoms with van der Waals surface area (Å²) in [6, 6.07) is 8.10. The molecule has 1 saturated carbocycles. The van der Waals surface area contributed by atoms with Crippen molar-refractivity contribution in [2.75, 3.05) is 36.9 Å². The minimum atomic E-state index is -0.509. The SMILES string of the molecule is O=C(C=CC1CCN(C2COC(=O)C2)CC1)Nc1cc2c(Nc3ccc(F)c(Cl)c3)ncnc2cc1OCC1CC1. The summed E-state index contributed by atoms with van der Waals surface area (Å²) in [5.41, 5.74) is 1.72. The van der Waals surface area contributed by atoms with Gasteiger partial charge >= 0.3 is 5.97 Å². The van der Waals surface area contributed by atoms with Gasteiger partial charge in [-0.25, -0.2) is 14.4 Å². The molecule has 2 saturated heterocycles. The van der Waals surface area contributed by atoms with Crippen molar-refractivity contribution in [3.63, 3.8) is 0 Å². The smallest absolute Gasteiger partial charge is 0.307 e. The van der Waals surface area contributed by atoms with E-state index < -0.39 is 5.82 Å². The number of cyclic esters (lactones) is 1. The Morgan fingerprint density at radius 1 is 1.17 bits per heavy atom. The Kier molecular flexibility index (Phi) is 8.02. The molecule has 2 aliphatic heterocycles. The van der Waals surface area contributed by atoms with Gasteiger partial charge in [0.2, 0.25) is 5.91 Å². The van der Waals surface area contributed by atoms with Gasteiger partial charge in [-0.15, -0.1) is 0 Å². The fraction of sp³-hybridized carbons (Fsp3) is 0.400. The summed E-state index contributed by atoms with van der Waals surface area (Å²) in [7, 11) is 0. The molecule has 11 heteroatoms. The summed E-state index contributed by atoms with van der Waals surface area (Å²) < 4.78 is 24.9. The molecule has 0 bridgehead atoms. The van der Waals surface area contributed by atoms with Crippen LogP contribution in [0.15, 0.2) is 48.8 Å². The van der Waals surface area contributed by atoms with Crippen LogP contribution in [0.2, 0.25) is 5.02 Å². The number of amides is 1. The van der Waals surface area contributed by atoms with E-state index in [-0.39, 0.29) is 28.9 Å². The molecule has 1 unspecified atom stereocenters. The maximum Gasteiger partial charge on any atom is 0.307 e. The predicted molar refractivity (Wildman–Crippen MR) is 154 cm³/mol. The Labute approximate surface area is 242 Å². The van der Waals surface area contributed by atoms with Crippen molar-refractivity contribution in [2.24, 2.45) is 11.8 Å². The summed E-state index contributed by atoms with van der Waals surface area (Å²) in [6.07, 6.45) is 9.54. The Hall–Kier alpha value is -3.76. The van der Waals surface area contributed by atoms with E-state index in [2.05, 4.69) is 25.5 Å². The third-order valence-electron chi connectivity index (χ3n) is 7.80. The zero-order valence-corrected chi connectivity index (χ0v) is 23.2. The van der Waals surface area contributed by atoms with Crippen LogP contribution in [0, 0.1) is 17.7 Å².